The zero-order valence-electron chi connectivity index (χ0n) is 28.5. The second-order valence-corrected chi connectivity index (χ2v) is 12.9. The van der Waals surface area contributed by atoms with Crippen LogP contribution in [-0.4, -0.2) is 19.3 Å². The lowest BCUT2D eigenvalue weighted by molar-refractivity contribution is 1.07. The highest BCUT2D eigenvalue weighted by Crippen LogP contribution is 2.38. The van der Waals surface area contributed by atoms with Gasteiger partial charge in [0, 0.05) is 50.3 Å². The average molecular weight is 658 g/mol. The van der Waals surface area contributed by atoms with Gasteiger partial charge >= 0.3 is 0 Å². The third kappa shape index (κ3) is 5.27. The van der Waals surface area contributed by atoms with Crippen LogP contribution in [0.1, 0.15) is 11.1 Å². The van der Waals surface area contributed by atoms with Gasteiger partial charge in [-0.25, -0.2) is 0 Å². The molecule has 0 saturated carbocycles. The van der Waals surface area contributed by atoms with E-state index in [9.17, 15) is 0 Å². The number of para-hydroxylation sites is 4. The second kappa shape index (κ2) is 12.6. The Kier molecular flexibility index (Phi) is 7.51. The second-order valence-electron chi connectivity index (χ2n) is 12.9. The topological polar surface area (TPSA) is 38.9 Å². The maximum atomic E-state index is 4.78. The van der Waals surface area contributed by atoms with Gasteiger partial charge in [-0.2, -0.15) is 0 Å². The largest absolute Gasteiger partial charge is 0.311 e. The minimum atomic E-state index is 0.797. The highest BCUT2D eigenvalue weighted by atomic mass is 15.3. The lowest BCUT2D eigenvalue weighted by Gasteiger charge is -2.26. The SMILES string of the molecule is Cc1cccc(-c2nnc(-c3ccc(N(c4ccccc4)c4ccc(-n5c6ccccc6c6ccccc65)cc4)cc3)n2-c2ccccc2)c1C. The van der Waals surface area contributed by atoms with Crippen molar-refractivity contribution in [1.82, 2.24) is 19.3 Å². The van der Waals surface area contributed by atoms with Gasteiger partial charge in [0.25, 0.3) is 0 Å². The Labute approximate surface area is 297 Å². The number of aryl methyl sites for hydroxylation is 1. The molecular formula is C46H35N5. The third-order valence-corrected chi connectivity index (χ3v) is 9.87. The predicted octanol–water partition coefficient (Wildman–Crippen LogP) is 11.8. The van der Waals surface area contributed by atoms with Crippen LogP contribution in [0.2, 0.25) is 0 Å². The number of benzene rings is 7. The number of nitrogens with zero attached hydrogens (tertiary/aromatic N) is 5. The number of fused-ring (bicyclic) bond motifs is 3. The van der Waals surface area contributed by atoms with Crippen LogP contribution in [0.3, 0.4) is 0 Å². The molecule has 244 valence electrons. The van der Waals surface area contributed by atoms with Crippen LogP contribution in [0.15, 0.2) is 176 Å². The summed E-state index contributed by atoms with van der Waals surface area (Å²) in [4.78, 5) is 2.29. The van der Waals surface area contributed by atoms with E-state index in [4.69, 9.17) is 10.2 Å². The van der Waals surface area contributed by atoms with Crippen LogP contribution in [-0.2, 0) is 0 Å². The van der Waals surface area contributed by atoms with E-state index in [0.29, 0.717) is 0 Å². The molecule has 5 heteroatoms. The van der Waals surface area contributed by atoms with Gasteiger partial charge in [0.2, 0.25) is 0 Å². The number of anilines is 3. The van der Waals surface area contributed by atoms with E-state index in [-0.39, 0.29) is 0 Å². The molecule has 0 atom stereocenters. The van der Waals surface area contributed by atoms with Crippen LogP contribution in [0.25, 0.3) is 56.0 Å². The fraction of sp³-hybridized carbons (Fsp3) is 0.0435. The normalized spacial score (nSPS) is 11.3. The minimum Gasteiger partial charge on any atom is -0.311 e. The van der Waals surface area contributed by atoms with E-state index in [0.717, 1.165) is 51.2 Å². The van der Waals surface area contributed by atoms with Crippen molar-refractivity contribution in [3.05, 3.63) is 187 Å². The van der Waals surface area contributed by atoms with Gasteiger partial charge in [0.15, 0.2) is 11.6 Å². The number of aromatic nitrogens is 4. The first kappa shape index (κ1) is 30.3. The highest BCUT2D eigenvalue weighted by molar-refractivity contribution is 6.09. The summed E-state index contributed by atoms with van der Waals surface area (Å²) in [6.07, 6.45) is 0. The monoisotopic (exact) mass is 657 g/mol. The average Bonchev–Trinajstić information content (AvgIpc) is 3.78. The lowest BCUT2D eigenvalue weighted by Crippen LogP contribution is -2.10. The van der Waals surface area contributed by atoms with E-state index >= 15 is 0 Å². The molecule has 0 aliphatic heterocycles. The Bertz CT molecular complexity index is 2580. The standard InChI is InChI=1S/C46H35N5/c1-32-14-13-21-40(33(32)2)46-48-47-45(51(46)36-17-7-4-8-18-36)34-24-26-37(27-25-34)49(35-15-5-3-6-16-35)38-28-30-39(31-29-38)50-43-22-11-9-19-41(43)42-20-10-12-23-44(42)50/h3-31H,1-2H3. The zero-order chi connectivity index (χ0) is 34.3. The van der Waals surface area contributed by atoms with Crippen LogP contribution in [0.5, 0.6) is 0 Å². The van der Waals surface area contributed by atoms with E-state index in [1.165, 1.54) is 32.9 Å². The Morgan fingerprint density at radius 1 is 0.412 bits per heavy atom. The van der Waals surface area contributed by atoms with Gasteiger partial charge in [0.05, 0.1) is 11.0 Å². The zero-order valence-corrected chi connectivity index (χ0v) is 28.5. The summed E-state index contributed by atoms with van der Waals surface area (Å²) in [6.45, 7) is 4.29. The molecule has 0 unspecified atom stereocenters. The van der Waals surface area contributed by atoms with Gasteiger partial charge in [-0.3, -0.25) is 4.57 Å². The molecule has 2 heterocycles. The van der Waals surface area contributed by atoms with Gasteiger partial charge in [0.1, 0.15) is 0 Å². The molecule has 0 aliphatic rings. The number of hydrogen-bond acceptors (Lipinski definition) is 3. The highest BCUT2D eigenvalue weighted by Gasteiger charge is 2.20. The number of rotatable bonds is 7. The molecule has 0 bridgehead atoms. The summed E-state index contributed by atoms with van der Waals surface area (Å²) < 4.78 is 4.52. The molecule has 0 aliphatic carbocycles. The molecule has 0 N–H and O–H groups in total. The molecule has 7 aromatic carbocycles. The van der Waals surface area contributed by atoms with Gasteiger partial charge in [-0.15, -0.1) is 10.2 Å². The fourth-order valence-electron chi connectivity index (χ4n) is 7.20. The van der Waals surface area contributed by atoms with Crippen LogP contribution in [0, 0.1) is 13.8 Å². The molecule has 0 radical (unpaired) electrons. The first-order chi connectivity index (χ1) is 25.2. The lowest BCUT2D eigenvalue weighted by atomic mass is 10.0. The molecule has 0 fully saturated rings. The summed E-state index contributed by atoms with van der Waals surface area (Å²) in [5.41, 5.74) is 12.2. The summed E-state index contributed by atoms with van der Waals surface area (Å²) in [6, 6.07) is 62.0. The fourth-order valence-corrected chi connectivity index (χ4v) is 7.20. The molecular weight excluding hydrogens is 623 g/mol. The molecule has 51 heavy (non-hydrogen) atoms. The van der Waals surface area contributed by atoms with E-state index in [1.807, 2.05) is 6.07 Å². The van der Waals surface area contributed by atoms with Crippen molar-refractivity contribution in [3.8, 4) is 34.2 Å². The maximum Gasteiger partial charge on any atom is 0.169 e. The van der Waals surface area contributed by atoms with E-state index in [2.05, 4.69) is 198 Å². The van der Waals surface area contributed by atoms with Crippen molar-refractivity contribution in [2.45, 2.75) is 13.8 Å². The summed E-state index contributed by atoms with van der Waals surface area (Å²) in [7, 11) is 0. The van der Waals surface area contributed by atoms with Crippen LogP contribution < -0.4 is 4.90 Å². The first-order valence-electron chi connectivity index (χ1n) is 17.3. The maximum absolute atomic E-state index is 4.78. The van der Waals surface area contributed by atoms with Crippen molar-refractivity contribution in [1.29, 1.82) is 0 Å². The van der Waals surface area contributed by atoms with Gasteiger partial charge in [-0.05, 0) is 110 Å². The van der Waals surface area contributed by atoms with Crippen LogP contribution >= 0.6 is 0 Å². The van der Waals surface area contributed by atoms with Crippen molar-refractivity contribution in [2.75, 3.05) is 4.90 Å². The Morgan fingerprint density at radius 2 is 0.922 bits per heavy atom. The van der Waals surface area contributed by atoms with Crippen molar-refractivity contribution in [2.24, 2.45) is 0 Å². The summed E-state index contributed by atoms with van der Waals surface area (Å²) >= 11 is 0. The van der Waals surface area contributed by atoms with E-state index < -0.39 is 0 Å². The predicted molar refractivity (Wildman–Crippen MR) is 211 cm³/mol. The first-order valence-corrected chi connectivity index (χ1v) is 17.3. The Hall–Kier alpha value is -6.72. The van der Waals surface area contributed by atoms with Crippen molar-refractivity contribution < 1.29 is 0 Å². The van der Waals surface area contributed by atoms with Crippen molar-refractivity contribution >= 4 is 38.9 Å². The smallest absolute Gasteiger partial charge is 0.169 e. The summed E-state index contributed by atoms with van der Waals surface area (Å²) in [5, 5.41) is 12.1. The minimum absolute atomic E-state index is 0.797. The van der Waals surface area contributed by atoms with Gasteiger partial charge < -0.3 is 9.47 Å². The van der Waals surface area contributed by atoms with Crippen molar-refractivity contribution in [3.63, 3.8) is 0 Å². The quantitative estimate of drug-likeness (QED) is 0.171. The van der Waals surface area contributed by atoms with Crippen LogP contribution in [0.4, 0.5) is 17.1 Å². The molecule has 0 saturated heterocycles. The van der Waals surface area contributed by atoms with E-state index in [1.54, 1.807) is 0 Å². The molecule has 9 rings (SSSR count). The summed E-state index contributed by atoms with van der Waals surface area (Å²) in [5.74, 6) is 1.63. The van der Waals surface area contributed by atoms with Gasteiger partial charge in [-0.1, -0.05) is 91.0 Å². The molecule has 5 nitrogen and oxygen atoms in total. The molecule has 0 spiro atoms. The molecule has 2 aromatic heterocycles. The Morgan fingerprint density at radius 3 is 1.57 bits per heavy atom. The third-order valence-electron chi connectivity index (χ3n) is 9.87. The molecule has 9 aromatic rings. The number of hydrogen-bond donors (Lipinski definition) is 0. The molecule has 0 amide bonds. The Balaban J connectivity index is 1.12.